The fraction of sp³-hybridized carbons (Fsp3) is 0.636. The summed E-state index contributed by atoms with van der Waals surface area (Å²) in [6.07, 6.45) is 3.53. The Bertz CT molecular complexity index is 324. The number of nitrogen functional groups attached to an aromatic ring is 1. The number of ether oxygens (including phenoxy) is 1. The van der Waals surface area contributed by atoms with Crippen LogP contribution < -0.4 is 11.5 Å². The lowest BCUT2D eigenvalue weighted by molar-refractivity contribution is 0.0494. The van der Waals surface area contributed by atoms with E-state index in [1.807, 2.05) is 6.92 Å². The largest absolute Gasteiger partial charge is 0.383 e. The van der Waals surface area contributed by atoms with Crippen molar-refractivity contribution in [2.24, 2.45) is 5.73 Å². The van der Waals surface area contributed by atoms with Crippen LogP contribution in [0.2, 0.25) is 0 Å². The van der Waals surface area contributed by atoms with Gasteiger partial charge in [0.1, 0.15) is 11.9 Å². The van der Waals surface area contributed by atoms with Crippen molar-refractivity contribution >= 4 is 5.82 Å². The predicted molar refractivity (Wildman–Crippen MR) is 63.6 cm³/mol. The second-order valence-corrected chi connectivity index (χ2v) is 3.58. The van der Waals surface area contributed by atoms with Gasteiger partial charge in [-0.1, -0.05) is 13.3 Å². The van der Waals surface area contributed by atoms with Gasteiger partial charge in [0.15, 0.2) is 5.82 Å². The molecule has 0 amide bonds. The molecule has 4 N–H and O–H groups in total. The molecule has 1 aromatic rings. The van der Waals surface area contributed by atoms with Gasteiger partial charge < -0.3 is 16.2 Å². The Kier molecular flexibility index (Phi) is 5.14. The van der Waals surface area contributed by atoms with Gasteiger partial charge in [-0.15, -0.1) is 0 Å². The van der Waals surface area contributed by atoms with E-state index >= 15 is 0 Å². The van der Waals surface area contributed by atoms with Crippen molar-refractivity contribution in [1.82, 2.24) is 9.97 Å². The van der Waals surface area contributed by atoms with Crippen molar-refractivity contribution in [3.63, 3.8) is 0 Å². The third-order valence-electron chi connectivity index (χ3n) is 2.34. The van der Waals surface area contributed by atoms with Gasteiger partial charge in [0, 0.05) is 24.9 Å². The lowest BCUT2D eigenvalue weighted by Crippen LogP contribution is -2.12. The third-order valence-corrected chi connectivity index (χ3v) is 2.34. The zero-order chi connectivity index (χ0) is 12.0. The van der Waals surface area contributed by atoms with Crippen LogP contribution >= 0.6 is 0 Å². The van der Waals surface area contributed by atoms with Gasteiger partial charge in [0.05, 0.1) is 0 Å². The summed E-state index contributed by atoms with van der Waals surface area (Å²) in [6.45, 7) is 5.07. The van der Waals surface area contributed by atoms with Gasteiger partial charge in [0.25, 0.3) is 0 Å². The molecule has 0 saturated heterocycles. The molecule has 0 radical (unpaired) electrons. The number of nitrogens with zero attached hydrogens (tertiary/aromatic N) is 2. The van der Waals surface area contributed by atoms with Crippen molar-refractivity contribution in [1.29, 1.82) is 0 Å². The van der Waals surface area contributed by atoms with E-state index in [0.29, 0.717) is 24.8 Å². The predicted octanol–water partition coefficient (Wildman–Crippen LogP) is 1.40. The average molecular weight is 224 g/mol. The monoisotopic (exact) mass is 224 g/mol. The van der Waals surface area contributed by atoms with Crippen LogP contribution in [0.4, 0.5) is 5.82 Å². The average Bonchev–Trinajstić information content (AvgIpc) is 2.28. The first kappa shape index (κ1) is 12.9. The zero-order valence-electron chi connectivity index (χ0n) is 9.94. The maximum Gasteiger partial charge on any atom is 0.159 e. The van der Waals surface area contributed by atoms with Gasteiger partial charge in [0.2, 0.25) is 0 Å². The molecular weight excluding hydrogens is 204 g/mol. The molecule has 5 nitrogen and oxygen atoms in total. The normalized spacial score (nSPS) is 12.7. The number of hydrogen-bond donors (Lipinski definition) is 2. The molecule has 0 spiro atoms. The molecular formula is C11H20N4O. The van der Waals surface area contributed by atoms with Gasteiger partial charge >= 0.3 is 0 Å². The summed E-state index contributed by atoms with van der Waals surface area (Å²) in [5.74, 6) is 1.10. The Balaban J connectivity index is 2.87. The Morgan fingerprint density at radius 3 is 2.69 bits per heavy atom. The van der Waals surface area contributed by atoms with Crippen molar-refractivity contribution in [2.45, 2.75) is 39.3 Å². The minimum atomic E-state index is -0.0656. The lowest BCUT2D eigenvalue weighted by Gasteiger charge is -2.15. The van der Waals surface area contributed by atoms with Crippen LogP contribution in [0.1, 0.15) is 44.2 Å². The fourth-order valence-electron chi connectivity index (χ4n) is 1.50. The maximum absolute atomic E-state index is 5.78. The quantitative estimate of drug-likeness (QED) is 0.762. The minimum absolute atomic E-state index is 0.0656. The van der Waals surface area contributed by atoms with Crippen LogP contribution in [-0.2, 0) is 11.3 Å². The summed E-state index contributed by atoms with van der Waals surface area (Å²) in [6, 6.07) is 0. The molecule has 1 atom stereocenters. The standard InChI is InChI=1S/C11H20N4O/c1-3-5-9(16-4-2)11-14-7-8(6-12)10(13)15-11/h7,9H,3-6,12H2,1-2H3,(H2,13,14,15). The first-order valence-corrected chi connectivity index (χ1v) is 5.65. The van der Waals surface area contributed by atoms with Crippen LogP contribution in [0.3, 0.4) is 0 Å². The number of nitrogens with two attached hydrogens (primary N) is 2. The molecule has 0 aliphatic rings. The van der Waals surface area contributed by atoms with Gasteiger partial charge in [-0.2, -0.15) is 0 Å². The zero-order valence-corrected chi connectivity index (χ0v) is 9.94. The van der Waals surface area contributed by atoms with Gasteiger partial charge in [-0.05, 0) is 13.3 Å². The smallest absolute Gasteiger partial charge is 0.159 e. The number of hydrogen-bond acceptors (Lipinski definition) is 5. The third kappa shape index (κ3) is 3.15. The Labute approximate surface area is 96.2 Å². The van der Waals surface area contributed by atoms with E-state index in [2.05, 4.69) is 16.9 Å². The minimum Gasteiger partial charge on any atom is -0.383 e. The topological polar surface area (TPSA) is 87.0 Å². The van der Waals surface area contributed by atoms with Crippen molar-refractivity contribution < 1.29 is 4.74 Å². The summed E-state index contributed by atoms with van der Waals surface area (Å²) in [4.78, 5) is 8.50. The molecule has 1 aromatic heterocycles. The molecule has 90 valence electrons. The number of anilines is 1. The van der Waals surface area contributed by atoms with Crippen molar-refractivity contribution in [3.05, 3.63) is 17.6 Å². The molecule has 1 heterocycles. The summed E-state index contributed by atoms with van der Waals surface area (Å²) < 4.78 is 5.59. The maximum atomic E-state index is 5.78. The number of aromatic nitrogens is 2. The van der Waals surface area contributed by atoms with E-state index in [-0.39, 0.29) is 6.10 Å². The van der Waals surface area contributed by atoms with Crippen molar-refractivity contribution in [3.8, 4) is 0 Å². The highest BCUT2D eigenvalue weighted by Crippen LogP contribution is 2.20. The van der Waals surface area contributed by atoms with Crippen LogP contribution in [0.25, 0.3) is 0 Å². The Morgan fingerprint density at radius 2 is 2.19 bits per heavy atom. The van der Waals surface area contributed by atoms with Crippen LogP contribution in [0, 0.1) is 0 Å². The van der Waals surface area contributed by atoms with Crippen LogP contribution in [0.15, 0.2) is 6.20 Å². The van der Waals surface area contributed by atoms with Crippen LogP contribution in [-0.4, -0.2) is 16.6 Å². The van der Waals surface area contributed by atoms with E-state index < -0.39 is 0 Å². The molecule has 1 unspecified atom stereocenters. The van der Waals surface area contributed by atoms with E-state index in [1.54, 1.807) is 6.20 Å². The highest BCUT2D eigenvalue weighted by molar-refractivity contribution is 5.37. The van der Waals surface area contributed by atoms with E-state index in [9.17, 15) is 0 Å². The second-order valence-electron chi connectivity index (χ2n) is 3.58. The van der Waals surface area contributed by atoms with Crippen molar-refractivity contribution in [2.75, 3.05) is 12.3 Å². The highest BCUT2D eigenvalue weighted by atomic mass is 16.5. The summed E-state index contributed by atoms with van der Waals surface area (Å²) in [5.41, 5.74) is 12.1. The summed E-state index contributed by atoms with van der Waals surface area (Å²) >= 11 is 0. The Morgan fingerprint density at radius 1 is 1.44 bits per heavy atom. The van der Waals surface area contributed by atoms with E-state index in [1.165, 1.54) is 0 Å². The molecule has 0 aliphatic heterocycles. The fourth-order valence-corrected chi connectivity index (χ4v) is 1.50. The first-order chi connectivity index (χ1) is 7.72. The SMILES string of the molecule is CCCC(OCC)c1ncc(CN)c(N)n1. The summed E-state index contributed by atoms with van der Waals surface area (Å²) in [5, 5.41) is 0. The molecule has 16 heavy (non-hydrogen) atoms. The summed E-state index contributed by atoms with van der Waals surface area (Å²) in [7, 11) is 0. The molecule has 0 aromatic carbocycles. The molecule has 0 bridgehead atoms. The molecule has 0 saturated carbocycles. The molecule has 1 rings (SSSR count). The lowest BCUT2D eigenvalue weighted by atomic mass is 10.2. The Hall–Kier alpha value is -1.20. The highest BCUT2D eigenvalue weighted by Gasteiger charge is 2.14. The van der Waals surface area contributed by atoms with E-state index in [0.717, 1.165) is 18.4 Å². The van der Waals surface area contributed by atoms with Gasteiger partial charge in [-0.25, -0.2) is 9.97 Å². The van der Waals surface area contributed by atoms with Gasteiger partial charge in [-0.3, -0.25) is 0 Å². The molecule has 0 fully saturated rings. The second kappa shape index (κ2) is 6.40. The van der Waals surface area contributed by atoms with Crippen LogP contribution in [0.5, 0.6) is 0 Å². The number of rotatable bonds is 6. The molecule has 0 aliphatic carbocycles. The first-order valence-electron chi connectivity index (χ1n) is 5.65. The molecule has 5 heteroatoms. The van der Waals surface area contributed by atoms with E-state index in [4.69, 9.17) is 16.2 Å².